The zero-order valence-corrected chi connectivity index (χ0v) is 14.3. The van der Waals surface area contributed by atoms with Crippen molar-refractivity contribution >= 4 is 17.6 Å². The Kier molecular flexibility index (Phi) is 5.08. The first-order chi connectivity index (χ1) is 12.5. The molecule has 0 aliphatic heterocycles. The first-order valence-corrected chi connectivity index (χ1v) is 8.18. The summed E-state index contributed by atoms with van der Waals surface area (Å²) in [5.41, 5.74) is 3.62. The number of nitro groups is 1. The molecule has 130 valence electrons. The molecule has 0 unspecified atom stereocenters. The molecule has 0 radical (unpaired) electrons. The minimum atomic E-state index is -0.576. The predicted molar refractivity (Wildman–Crippen MR) is 102 cm³/mol. The molecule has 3 rings (SSSR count). The lowest BCUT2D eigenvalue weighted by Crippen LogP contribution is -1.97. The third-order valence-corrected chi connectivity index (χ3v) is 4.01. The summed E-state index contributed by atoms with van der Waals surface area (Å²) in [4.78, 5) is 15.0. The fourth-order valence-electron chi connectivity index (χ4n) is 2.65. The lowest BCUT2D eigenvalue weighted by Gasteiger charge is -2.06. The Morgan fingerprint density at radius 2 is 1.73 bits per heavy atom. The SMILES string of the molecule is Cc1ccc(N=Cc2cc(Cc3ccccc3)cc([N+](=O)[O-])c2O)cc1. The molecule has 0 aromatic heterocycles. The average Bonchev–Trinajstić information content (AvgIpc) is 2.64. The minimum Gasteiger partial charge on any atom is -0.502 e. The monoisotopic (exact) mass is 346 g/mol. The van der Waals surface area contributed by atoms with Gasteiger partial charge in [0.15, 0.2) is 0 Å². The van der Waals surface area contributed by atoms with Crippen molar-refractivity contribution in [1.82, 2.24) is 0 Å². The zero-order chi connectivity index (χ0) is 18.5. The van der Waals surface area contributed by atoms with Crippen LogP contribution in [0.2, 0.25) is 0 Å². The maximum absolute atomic E-state index is 11.3. The number of aliphatic imine (C=N–C) groups is 1. The number of phenols is 1. The van der Waals surface area contributed by atoms with Crippen LogP contribution in [0.3, 0.4) is 0 Å². The molecule has 0 atom stereocenters. The Morgan fingerprint density at radius 1 is 1.04 bits per heavy atom. The van der Waals surface area contributed by atoms with Crippen LogP contribution in [0.5, 0.6) is 5.75 Å². The smallest absolute Gasteiger partial charge is 0.311 e. The molecule has 0 spiro atoms. The van der Waals surface area contributed by atoms with E-state index in [0.29, 0.717) is 17.7 Å². The third kappa shape index (κ3) is 4.13. The van der Waals surface area contributed by atoms with Gasteiger partial charge in [-0.1, -0.05) is 48.0 Å². The average molecular weight is 346 g/mol. The zero-order valence-electron chi connectivity index (χ0n) is 14.3. The van der Waals surface area contributed by atoms with Crippen molar-refractivity contribution in [3.05, 3.63) is 99.1 Å². The Morgan fingerprint density at radius 3 is 2.38 bits per heavy atom. The highest BCUT2D eigenvalue weighted by Gasteiger charge is 2.18. The van der Waals surface area contributed by atoms with Crippen molar-refractivity contribution in [2.75, 3.05) is 0 Å². The maximum Gasteiger partial charge on any atom is 0.311 e. The Labute approximate surface area is 151 Å². The molecule has 0 amide bonds. The summed E-state index contributed by atoms with van der Waals surface area (Å²) < 4.78 is 0. The van der Waals surface area contributed by atoms with E-state index in [1.807, 2.05) is 61.5 Å². The molecule has 1 N–H and O–H groups in total. The van der Waals surface area contributed by atoms with Crippen LogP contribution < -0.4 is 0 Å². The van der Waals surface area contributed by atoms with Crippen molar-refractivity contribution in [2.24, 2.45) is 4.99 Å². The number of hydrogen-bond donors (Lipinski definition) is 1. The van der Waals surface area contributed by atoms with E-state index in [1.54, 1.807) is 6.07 Å². The van der Waals surface area contributed by atoms with Crippen molar-refractivity contribution in [2.45, 2.75) is 13.3 Å². The standard InChI is InChI=1S/C21H18N2O3/c1-15-7-9-19(10-8-15)22-14-18-12-17(11-16-5-3-2-4-6-16)13-20(21(18)24)23(25)26/h2-10,12-14,24H,11H2,1H3. The molecule has 5 nitrogen and oxygen atoms in total. The molecule has 5 heteroatoms. The maximum atomic E-state index is 11.3. The predicted octanol–water partition coefficient (Wildman–Crippen LogP) is 4.95. The highest BCUT2D eigenvalue weighted by Crippen LogP contribution is 2.31. The van der Waals surface area contributed by atoms with E-state index in [-0.39, 0.29) is 11.4 Å². The van der Waals surface area contributed by atoms with Crippen LogP contribution in [0, 0.1) is 17.0 Å². The molecule has 0 aliphatic carbocycles. The molecular weight excluding hydrogens is 328 g/mol. The van der Waals surface area contributed by atoms with Gasteiger partial charge >= 0.3 is 5.69 Å². The fourth-order valence-corrected chi connectivity index (χ4v) is 2.65. The van der Waals surface area contributed by atoms with Gasteiger partial charge in [0, 0.05) is 17.8 Å². The van der Waals surface area contributed by atoms with Gasteiger partial charge in [-0.2, -0.15) is 0 Å². The molecule has 0 fully saturated rings. The Hall–Kier alpha value is -3.47. The van der Waals surface area contributed by atoms with Crippen LogP contribution in [0.15, 0.2) is 71.7 Å². The number of rotatable bonds is 5. The van der Waals surface area contributed by atoms with E-state index in [0.717, 1.165) is 16.7 Å². The molecule has 3 aromatic rings. The molecule has 0 aliphatic rings. The molecule has 3 aromatic carbocycles. The second kappa shape index (κ2) is 7.61. The lowest BCUT2D eigenvalue weighted by atomic mass is 10.0. The normalized spacial score (nSPS) is 11.0. The van der Waals surface area contributed by atoms with Gasteiger partial charge in [-0.15, -0.1) is 0 Å². The number of phenolic OH excluding ortho intramolecular Hbond substituents is 1. The van der Waals surface area contributed by atoms with Crippen LogP contribution in [0.4, 0.5) is 11.4 Å². The summed E-state index contributed by atoms with van der Waals surface area (Å²) in [6.07, 6.45) is 1.99. The summed E-state index contributed by atoms with van der Waals surface area (Å²) in [6.45, 7) is 1.98. The highest BCUT2D eigenvalue weighted by molar-refractivity contribution is 5.87. The van der Waals surface area contributed by atoms with Crippen LogP contribution in [0.25, 0.3) is 0 Å². The van der Waals surface area contributed by atoms with Crippen molar-refractivity contribution in [1.29, 1.82) is 0 Å². The second-order valence-electron chi connectivity index (χ2n) is 6.07. The summed E-state index contributed by atoms with van der Waals surface area (Å²) in [5.74, 6) is -0.373. The molecule has 26 heavy (non-hydrogen) atoms. The molecule has 0 saturated carbocycles. The number of aromatic hydroxyl groups is 1. The van der Waals surface area contributed by atoms with E-state index >= 15 is 0 Å². The van der Waals surface area contributed by atoms with E-state index in [9.17, 15) is 15.2 Å². The number of aryl methyl sites for hydroxylation is 1. The molecule has 0 saturated heterocycles. The number of nitro benzene ring substituents is 1. The summed E-state index contributed by atoms with van der Waals surface area (Å²) in [5, 5.41) is 21.5. The molecular formula is C21H18N2O3. The highest BCUT2D eigenvalue weighted by atomic mass is 16.6. The van der Waals surface area contributed by atoms with E-state index in [1.165, 1.54) is 12.3 Å². The van der Waals surface area contributed by atoms with Gasteiger partial charge in [0.2, 0.25) is 5.75 Å². The van der Waals surface area contributed by atoms with Crippen LogP contribution in [-0.2, 0) is 6.42 Å². The fraction of sp³-hybridized carbons (Fsp3) is 0.0952. The van der Waals surface area contributed by atoms with Gasteiger partial charge in [0.1, 0.15) is 0 Å². The van der Waals surface area contributed by atoms with Gasteiger partial charge in [0.05, 0.1) is 10.6 Å². The second-order valence-corrected chi connectivity index (χ2v) is 6.07. The first kappa shape index (κ1) is 17.4. The van der Waals surface area contributed by atoms with Gasteiger partial charge in [0.25, 0.3) is 0 Å². The Bertz CT molecular complexity index is 949. The van der Waals surface area contributed by atoms with Crippen molar-refractivity contribution in [3.8, 4) is 5.75 Å². The number of nitrogens with zero attached hydrogens (tertiary/aromatic N) is 2. The molecule has 0 heterocycles. The lowest BCUT2D eigenvalue weighted by molar-refractivity contribution is -0.385. The first-order valence-electron chi connectivity index (χ1n) is 8.18. The Balaban J connectivity index is 1.97. The quantitative estimate of drug-likeness (QED) is 0.403. The number of hydrogen-bond acceptors (Lipinski definition) is 4. The number of benzene rings is 3. The van der Waals surface area contributed by atoms with Gasteiger partial charge in [-0.3, -0.25) is 15.1 Å². The topological polar surface area (TPSA) is 75.7 Å². The van der Waals surface area contributed by atoms with Crippen molar-refractivity contribution < 1.29 is 10.0 Å². The summed E-state index contributed by atoms with van der Waals surface area (Å²) in [6, 6.07) is 20.4. The largest absolute Gasteiger partial charge is 0.502 e. The van der Waals surface area contributed by atoms with Crippen LogP contribution in [-0.4, -0.2) is 16.2 Å². The summed E-state index contributed by atoms with van der Waals surface area (Å²) >= 11 is 0. The van der Waals surface area contributed by atoms with Gasteiger partial charge < -0.3 is 5.11 Å². The summed E-state index contributed by atoms with van der Waals surface area (Å²) in [7, 11) is 0. The van der Waals surface area contributed by atoms with Gasteiger partial charge in [-0.25, -0.2) is 0 Å². The van der Waals surface area contributed by atoms with Crippen LogP contribution in [0.1, 0.15) is 22.3 Å². The minimum absolute atomic E-state index is 0.316. The van der Waals surface area contributed by atoms with Crippen molar-refractivity contribution in [3.63, 3.8) is 0 Å². The third-order valence-electron chi connectivity index (χ3n) is 4.01. The van der Waals surface area contributed by atoms with E-state index in [4.69, 9.17) is 0 Å². The van der Waals surface area contributed by atoms with E-state index in [2.05, 4.69) is 4.99 Å². The molecule has 0 bridgehead atoms. The van der Waals surface area contributed by atoms with E-state index < -0.39 is 4.92 Å². The van der Waals surface area contributed by atoms with Crippen LogP contribution >= 0.6 is 0 Å². The van der Waals surface area contributed by atoms with Gasteiger partial charge in [-0.05, 0) is 42.7 Å².